The van der Waals surface area contributed by atoms with Gasteiger partial charge >= 0.3 is 0 Å². The predicted octanol–water partition coefficient (Wildman–Crippen LogP) is 3.10. The number of ether oxygens (including phenoxy) is 1. The Morgan fingerprint density at radius 2 is 1.92 bits per heavy atom. The molecule has 1 fully saturated rings. The topological polar surface area (TPSA) is 74.1 Å². The van der Waals surface area contributed by atoms with Gasteiger partial charge in [0.05, 0.1) is 24.9 Å². The molecule has 1 unspecified atom stereocenters. The van der Waals surface area contributed by atoms with Gasteiger partial charge in [-0.25, -0.2) is 0 Å². The van der Waals surface area contributed by atoms with Crippen molar-refractivity contribution in [3.05, 3.63) is 51.7 Å². The first-order valence-electron chi connectivity index (χ1n) is 8.65. The number of nitrogens with one attached hydrogen (secondary N) is 1. The van der Waals surface area contributed by atoms with Crippen LogP contribution in [0.1, 0.15) is 28.4 Å². The molecule has 6 nitrogen and oxygen atoms in total. The van der Waals surface area contributed by atoms with Crippen molar-refractivity contribution in [2.45, 2.75) is 19.9 Å². The van der Waals surface area contributed by atoms with E-state index in [2.05, 4.69) is 26.5 Å². The average molecular weight is 372 g/mol. The van der Waals surface area contributed by atoms with Gasteiger partial charge in [0.25, 0.3) is 0 Å². The van der Waals surface area contributed by atoms with Crippen molar-refractivity contribution < 1.29 is 4.74 Å². The van der Waals surface area contributed by atoms with Gasteiger partial charge in [0.1, 0.15) is 11.6 Å². The monoisotopic (exact) mass is 371 g/mol. The van der Waals surface area contributed by atoms with Gasteiger partial charge in [-0.2, -0.15) is 10.4 Å². The van der Waals surface area contributed by atoms with E-state index in [1.165, 1.54) is 5.56 Å². The second-order valence-electron chi connectivity index (χ2n) is 6.34. The highest BCUT2D eigenvalue weighted by Crippen LogP contribution is 2.25. The van der Waals surface area contributed by atoms with Crippen molar-refractivity contribution in [1.29, 1.82) is 5.26 Å². The molecule has 7 heteroatoms. The summed E-state index contributed by atoms with van der Waals surface area (Å²) in [7, 11) is 0. The molecule has 1 aromatic carbocycles. The molecule has 26 heavy (non-hydrogen) atoms. The molecule has 0 saturated carbocycles. The third kappa shape index (κ3) is 4.13. The molecule has 1 atom stereocenters. The van der Waals surface area contributed by atoms with Gasteiger partial charge in [0.15, 0.2) is 5.82 Å². The first kappa shape index (κ1) is 18.6. The van der Waals surface area contributed by atoms with Crippen LogP contribution in [0, 0.1) is 25.2 Å². The quantitative estimate of drug-likeness (QED) is 0.870. The van der Waals surface area contributed by atoms with E-state index in [0.717, 1.165) is 37.6 Å². The lowest BCUT2D eigenvalue weighted by molar-refractivity contribution is 0.0187. The maximum absolute atomic E-state index is 9.49. The van der Waals surface area contributed by atoms with E-state index >= 15 is 0 Å². The molecule has 0 amide bonds. The fraction of sp³-hybridized carbons (Fsp3) is 0.421. The van der Waals surface area contributed by atoms with Crippen LogP contribution < -0.4 is 5.32 Å². The summed E-state index contributed by atoms with van der Waals surface area (Å²) < 4.78 is 5.48. The Labute approximate surface area is 158 Å². The van der Waals surface area contributed by atoms with E-state index in [-0.39, 0.29) is 6.04 Å². The first-order valence-corrected chi connectivity index (χ1v) is 9.03. The zero-order valence-corrected chi connectivity index (χ0v) is 15.8. The summed E-state index contributed by atoms with van der Waals surface area (Å²) in [5.41, 5.74) is 3.35. The Bertz CT molecular complexity index is 797. The minimum absolute atomic E-state index is 0.131. The van der Waals surface area contributed by atoms with Crippen LogP contribution in [0.25, 0.3) is 0 Å². The zero-order chi connectivity index (χ0) is 18.5. The van der Waals surface area contributed by atoms with Crippen molar-refractivity contribution >= 4 is 17.4 Å². The van der Waals surface area contributed by atoms with Crippen molar-refractivity contribution in [1.82, 2.24) is 15.1 Å². The van der Waals surface area contributed by atoms with Crippen LogP contribution in [0.3, 0.4) is 0 Å². The summed E-state index contributed by atoms with van der Waals surface area (Å²) in [5.74, 6) is 0.530. The minimum Gasteiger partial charge on any atom is -0.379 e. The third-order valence-electron chi connectivity index (χ3n) is 4.77. The molecule has 1 aromatic heterocycles. The van der Waals surface area contributed by atoms with Crippen LogP contribution in [-0.2, 0) is 4.74 Å². The molecular formula is C19H22ClN5O. The number of aryl methyl sites for hydroxylation is 1. The highest BCUT2D eigenvalue weighted by atomic mass is 35.5. The summed E-state index contributed by atoms with van der Waals surface area (Å²) in [6.45, 7) is 7.53. The summed E-state index contributed by atoms with van der Waals surface area (Å²) in [4.78, 5) is 2.38. The smallest absolute Gasteiger partial charge is 0.167 e. The zero-order valence-electron chi connectivity index (χ0n) is 15.0. The second-order valence-corrected chi connectivity index (χ2v) is 6.78. The van der Waals surface area contributed by atoms with E-state index < -0.39 is 0 Å². The van der Waals surface area contributed by atoms with Crippen molar-refractivity contribution in [3.8, 4) is 6.07 Å². The number of benzene rings is 1. The molecule has 1 saturated heterocycles. The molecule has 136 valence electrons. The minimum atomic E-state index is 0.131. The molecule has 3 rings (SSSR count). The highest BCUT2D eigenvalue weighted by molar-refractivity contribution is 6.30. The number of nitrogens with zero attached hydrogens (tertiary/aromatic N) is 4. The Morgan fingerprint density at radius 1 is 1.23 bits per heavy atom. The normalized spacial score (nSPS) is 16.1. The Balaban J connectivity index is 1.83. The van der Waals surface area contributed by atoms with Gasteiger partial charge < -0.3 is 10.1 Å². The maximum atomic E-state index is 9.49. The van der Waals surface area contributed by atoms with Crippen molar-refractivity contribution in [2.75, 3.05) is 38.2 Å². The largest absolute Gasteiger partial charge is 0.379 e. The fourth-order valence-electron chi connectivity index (χ4n) is 3.09. The molecule has 0 spiro atoms. The van der Waals surface area contributed by atoms with E-state index in [4.69, 9.17) is 16.3 Å². The second kappa shape index (κ2) is 8.45. The van der Waals surface area contributed by atoms with Crippen LogP contribution in [-0.4, -0.2) is 47.9 Å². The molecule has 1 N–H and O–H groups in total. The van der Waals surface area contributed by atoms with Gasteiger partial charge in [-0.3, -0.25) is 4.90 Å². The summed E-state index contributed by atoms with van der Waals surface area (Å²) in [6, 6.07) is 10.3. The molecule has 1 aliphatic rings. The fourth-order valence-corrected chi connectivity index (χ4v) is 3.22. The number of halogens is 1. The molecule has 2 aromatic rings. The number of nitriles is 1. The van der Waals surface area contributed by atoms with E-state index in [0.29, 0.717) is 22.9 Å². The lowest BCUT2D eigenvalue weighted by atomic mass is 10.0. The molecule has 0 bridgehead atoms. The number of morpholine rings is 1. The van der Waals surface area contributed by atoms with Crippen LogP contribution in [0.4, 0.5) is 5.82 Å². The number of hydrogen-bond donors (Lipinski definition) is 1. The SMILES string of the molecule is Cc1nnc(NCC(c2ccc(Cl)cc2)N2CCOCC2)c(C#N)c1C. The Kier molecular flexibility index (Phi) is 6.04. The average Bonchev–Trinajstić information content (AvgIpc) is 2.67. The van der Waals surface area contributed by atoms with E-state index in [9.17, 15) is 5.26 Å². The highest BCUT2D eigenvalue weighted by Gasteiger charge is 2.23. The van der Waals surface area contributed by atoms with Gasteiger partial charge in [-0.1, -0.05) is 23.7 Å². The maximum Gasteiger partial charge on any atom is 0.167 e. The summed E-state index contributed by atoms with van der Waals surface area (Å²) in [5, 5.41) is 21.9. The summed E-state index contributed by atoms with van der Waals surface area (Å²) in [6.07, 6.45) is 0. The van der Waals surface area contributed by atoms with Crippen molar-refractivity contribution in [3.63, 3.8) is 0 Å². The molecule has 0 aliphatic carbocycles. The van der Waals surface area contributed by atoms with Crippen LogP contribution >= 0.6 is 11.6 Å². The number of rotatable bonds is 5. The van der Waals surface area contributed by atoms with E-state index in [1.807, 2.05) is 38.1 Å². The lowest BCUT2D eigenvalue weighted by Gasteiger charge is -2.35. The van der Waals surface area contributed by atoms with Gasteiger partial charge in [-0.15, -0.1) is 5.10 Å². The van der Waals surface area contributed by atoms with Crippen LogP contribution in [0.2, 0.25) is 5.02 Å². The molecular weight excluding hydrogens is 350 g/mol. The lowest BCUT2D eigenvalue weighted by Crippen LogP contribution is -2.41. The van der Waals surface area contributed by atoms with E-state index in [1.54, 1.807) is 0 Å². The number of hydrogen-bond acceptors (Lipinski definition) is 6. The molecule has 2 heterocycles. The Hall–Kier alpha value is -2.20. The Morgan fingerprint density at radius 3 is 2.58 bits per heavy atom. The van der Waals surface area contributed by atoms with Crippen LogP contribution in [0.15, 0.2) is 24.3 Å². The van der Waals surface area contributed by atoms with Gasteiger partial charge in [-0.05, 0) is 37.1 Å². The van der Waals surface area contributed by atoms with Crippen molar-refractivity contribution in [2.24, 2.45) is 0 Å². The number of aromatic nitrogens is 2. The molecule has 0 radical (unpaired) electrons. The summed E-state index contributed by atoms with van der Waals surface area (Å²) >= 11 is 6.04. The number of anilines is 1. The predicted molar refractivity (Wildman–Crippen MR) is 101 cm³/mol. The van der Waals surface area contributed by atoms with Crippen LogP contribution in [0.5, 0.6) is 0 Å². The van der Waals surface area contributed by atoms with Gasteiger partial charge in [0, 0.05) is 24.7 Å². The molecule has 1 aliphatic heterocycles. The standard InChI is InChI=1S/C19H22ClN5O/c1-13-14(2)23-24-19(17(13)11-21)22-12-18(25-7-9-26-10-8-25)15-3-5-16(20)6-4-15/h3-6,18H,7-10,12H2,1-2H3,(H,22,24). The first-order chi connectivity index (χ1) is 12.6. The third-order valence-corrected chi connectivity index (χ3v) is 5.02. The van der Waals surface area contributed by atoms with Gasteiger partial charge in [0.2, 0.25) is 0 Å².